The van der Waals surface area contributed by atoms with Crippen molar-refractivity contribution < 1.29 is 34.0 Å². The quantitative estimate of drug-likeness (QED) is 0.503. The highest BCUT2D eigenvalue weighted by atomic mass is 16.8. The topological polar surface area (TPSA) is 94.5 Å². The largest absolute Gasteiger partial charge is 0.463 e. The zero-order valence-electron chi connectivity index (χ0n) is 23.4. The van der Waals surface area contributed by atoms with Gasteiger partial charge in [0.2, 0.25) is 0 Å². The Morgan fingerprint density at radius 2 is 1.76 bits per heavy atom. The van der Waals surface area contributed by atoms with Gasteiger partial charge in [0.05, 0.1) is 17.8 Å². The summed E-state index contributed by atoms with van der Waals surface area (Å²) in [4.78, 5) is 11.6. The highest BCUT2D eigenvalue weighted by molar-refractivity contribution is 5.66. The van der Waals surface area contributed by atoms with Gasteiger partial charge in [-0.15, -0.1) is 0 Å². The molecule has 4 saturated carbocycles. The first-order valence-electron chi connectivity index (χ1n) is 14.9. The molecule has 0 aromatic rings. The van der Waals surface area contributed by atoms with Gasteiger partial charge in [-0.1, -0.05) is 13.8 Å². The third kappa shape index (κ3) is 2.94. The fraction of sp³-hybridized carbons (Fsp3) is 0.967. The average Bonchev–Trinajstić information content (AvgIpc) is 3.39. The van der Waals surface area contributed by atoms with Gasteiger partial charge in [-0.25, -0.2) is 0 Å². The van der Waals surface area contributed by atoms with E-state index >= 15 is 0 Å². The van der Waals surface area contributed by atoms with Crippen LogP contribution >= 0.6 is 0 Å². The second-order valence-corrected chi connectivity index (χ2v) is 15.0. The van der Waals surface area contributed by atoms with E-state index in [0.717, 1.165) is 44.9 Å². The summed E-state index contributed by atoms with van der Waals surface area (Å²) in [6, 6.07) is 0. The van der Waals surface area contributed by atoms with Crippen LogP contribution in [0.4, 0.5) is 0 Å². The van der Waals surface area contributed by atoms with Crippen LogP contribution in [0, 0.1) is 46.3 Å². The van der Waals surface area contributed by atoms with Crippen molar-refractivity contribution in [3.63, 3.8) is 0 Å². The van der Waals surface area contributed by atoms with Gasteiger partial charge in [-0.05, 0) is 101 Å². The number of carbonyl (C=O) groups excluding carboxylic acids is 1. The van der Waals surface area contributed by atoms with Gasteiger partial charge in [0.15, 0.2) is 12.1 Å². The fourth-order valence-electron chi connectivity index (χ4n) is 11.5. The summed E-state index contributed by atoms with van der Waals surface area (Å²) in [5.41, 5.74) is -1.53. The van der Waals surface area contributed by atoms with Gasteiger partial charge in [-0.3, -0.25) is 4.79 Å². The standard InChI is InChI=1S/C30H46O7/c1-15-13-30(37-26(15,3)4)28(6)24-22(35-30)12-20-19-8-7-17-11-18(34-16(2)31)9-10-27(17,5)23(19)21(32)14-29(20,24)25(33)36-28/h15,17-25,32-33H,7-14H2,1-6H3/t15-,17-,18+,19-,20-,21-,22-,23+,24+,25?,27-,28+,29+,30-/m0/s1. The summed E-state index contributed by atoms with van der Waals surface area (Å²) in [6.45, 7) is 12.5. The van der Waals surface area contributed by atoms with Gasteiger partial charge in [0, 0.05) is 24.7 Å². The minimum atomic E-state index is -0.915. The normalized spacial score (nSPS) is 61.1. The highest BCUT2D eigenvalue weighted by Crippen LogP contribution is 2.77. The molecular formula is C30H46O7. The lowest BCUT2D eigenvalue weighted by Gasteiger charge is -2.62. The van der Waals surface area contributed by atoms with Crippen molar-refractivity contribution in [3.05, 3.63) is 0 Å². The van der Waals surface area contributed by atoms with E-state index in [4.69, 9.17) is 18.9 Å². The number of fused-ring (bicyclic) bond motifs is 5. The zero-order chi connectivity index (χ0) is 26.3. The van der Waals surface area contributed by atoms with Crippen LogP contribution in [-0.2, 0) is 23.7 Å². The first-order chi connectivity index (χ1) is 17.3. The Balaban J connectivity index is 1.21. The molecule has 2 spiro atoms. The summed E-state index contributed by atoms with van der Waals surface area (Å²) in [6.07, 6.45) is 5.65. The second-order valence-electron chi connectivity index (χ2n) is 15.0. The first-order valence-corrected chi connectivity index (χ1v) is 14.9. The molecule has 2 N–H and O–H groups in total. The summed E-state index contributed by atoms with van der Waals surface area (Å²) in [5.74, 6) is 0.523. The van der Waals surface area contributed by atoms with Crippen molar-refractivity contribution in [2.75, 3.05) is 0 Å². The van der Waals surface area contributed by atoms with Crippen molar-refractivity contribution in [1.29, 1.82) is 0 Å². The minimum absolute atomic E-state index is 0.00144. The Hall–Kier alpha value is -0.730. The predicted octanol–water partition coefficient (Wildman–Crippen LogP) is 4.18. The molecule has 1 unspecified atom stereocenters. The molecule has 7 rings (SSSR count). The fourth-order valence-corrected chi connectivity index (χ4v) is 11.5. The maximum atomic E-state index is 12.0. The number of aliphatic hydroxyl groups excluding tert-OH is 2. The maximum Gasteiger partial charge on any atom is 0.302 e. The molecule has 0 amide bonds. The van der Waals surface area contributed by atoms with Gasteiger partial charge in [-0.2, -0.15) is 0 Å². The van der Waals surface area contributed by atoms with Crippen LogP contribution in [0.2, 0.25) is 0 Å². The Morgan fingerprint density at radius 3 is 2.43 bits per heavy atom. The molecule has 208 valence electrons. The number of aliphatic hydroxyl groups is 2. The highest BCUT2D eigenvalue weighted by Gasteiger charge is 2.84. The first kappa shape index (κ1) is 25.3. The molecule has 4 aliphatic carbocycles. The molecule has 0 aromatic carbocycles. The molecule has 7 fully saturated rings. The van der Waals surface area contributed by atoms with E-state index in [1.165, 1.54) is 6.92 Å². The van der Waals surface area contributed by atoms with Crippen LogP contribution in [-0.4, -0.2) is 57.8 Å². The molecule has 0 aromatic heterocycles. The van der Waals surface area contributed by atoms with E-state index in [2.05, 4.69) is 34.6 Å². The predicted molar refractivity (Wildman–Crippen MR) is 134 cm³/mol. The lowest BCUT2D eigenvalue weighted by atomic mass is 9.43. The molecule has 7 aliphatic rings. The molecule has 3 saturated heterocycles. The summed E-state index contributed by atoms with van der Waals surface area (Å²) in [7, 11) is 0. The van der Waals surface area contributed by atoms with Crippen LogP contribution in [0.3, 0.4) is 0 Å². The SMILES string of the molecule is CC(=O)O[C@@H]1CC[C@@]2(C)[C@@H](CC[C@@H]3[C@@H]2[C@@H](O)C[C@]24C(O)O[C@]5(C)[C@H]2[C@H](C[C@@H]34)O[C@]52C[C@H](C)C(C)(C)O2)C1. The van der Waals surface area contributed by atoms with Crippen LogP contribution in [0.5, 0.6) is 0 Å². The second kappa shape index (κ2) is 7.51. The third-order valence-corrected chi connectivity index (χ3v) is 13.2. The molecule has 0 radical (unpaired) electrons. The van der Waals surface area contributed by atoms with E-state index < -0.39 is 29.2 Å². The number of hydrogen-bond acceptors (Lipinski definition) is 7. The smallest absolute Gasteiger partial charge is 0.302 e. The number of rotatable bonds is 1. The van der Waals surface area contributed by atoms with Crippen LogP contribution in [0.1, 0.15) is 92.9 Å². The van der Waals surface area contributed by atoms with E-state index in [1.54, 1.807) is 0 Å². The molecule has 7 nitrogen and oxygen atoms in total. The summed E-state index contributed by atoms with van der Waals surface area (Å²) < 4.78 is 25.8. The summed E-state index contributed by atoms with van der Waals surface area (Å²) >= 11 is 0. The third-order valence-electron chi connectivity index (χ3n) is 13.2. The van der Waals surface area contributed by atoms with Crippen molar-refractivity contribution in [2.24, 2.45) is 46.3 Å². The number of carbonyl (C=O) groups is 1. The van der Waals surface area contributed by atoms with E-state index in [0.29, 0.717) is 24.2 Å². The minimum Gasteiger partial charge on any atom is -0.463 e. The van der Waals surface area contributed by atoms with Gasteiger partial charge >= 0.3 is 5.97 Å². The van der Waals surface area contributed by atoms with Crippen LogP contribution in [0.15, 0.2) is 0 Å². The van der Waals surface area contributed by atoms with Crippen LogP contribution in [0.25, 0.3) is 0 Å². The maximum absolute atomic E-state index is 12.0. The number of hydrogen-bond donors (Lipinski definition) is 2. The molecule has 14 atom stereocenters. The van der Waals surface area contributed by atoms with Crippen molar-refractivity contribution >= 4 is 5.97 Å². The van der Waals surface area contributed by atoms with E-state index in [-0.39, 0.29) is 46.9 Å². The number of esters is 1. The van der Waals surface area contributed by atoms with Gasteiger partial charge < -0.3 is 29.2 Å². The van der Waals surface area contributed by atoms with Gasteiger partial charge in [0.25, 0.3) is 0 Å². The van der Waals surface area contributed by atoms with Gasteiger partial charge in [0.1, 0.15) is 11.7 Å². The Bertz CT molecular complexity index is 998. The lowest BCUT2D eigenvalue weighted by molar-refractivity contribution is -0.315. The Morgan fingerprint density at radius 1 is 1.00 bits per heavy atom. The van der Waals surface area contributed by atoms with Crippen molar-refractivity contribution in [1.82, 2.24) is 0 Å². The molecule has 37 heavy (non-hydrogen) atoms. The average molecular weight is 519 g/mol. The molecular weight excluding hydrogens is 472 g/mol. The van der Waals surface area contributed by atoms with E-state index in [1.807, 2.05) is 0 Å². The molecule has 3 aliphatic heterocycles. The Kier molecular flexibility index (Phi) is 5.13. The number of ether oxygens (including phenoxy) is 4. The molecule has 7 heteroatoms. The monoisotopic (exact) mass is 518 g/mol. The molecule has 3 heterocycles. The summed E-state index contributed by atoms with van der Waals surface area (Å²) in [5, 5.41) is 23.7. The Labute approximate surface area is 220 Å². The lowest BCUT2D eigenvalue weighted by Crippen LogP contribution is -2.61. The van der Waals surface area contributed by atoms with Crippen LogP contribution < -0.4 is 0 Å². The van der Waals surface area contributed by atoms with Crippen molar-refractivity contribution in [3.8, 4) is 0 Å². The van der Waals surface area contributed by atoms with Crippen molar-refractivity contribution in [2.45, 2.75) is 135 Å². The van der Waals surface area contributed by atoms with E-state index in [9.17, 15) is 15.0 Å². The molecule has 0 bridgehead atoms. The zero-order valence-corrected chi connectivity index (χ0v) is 23.4.